The highest BCUT2D eigenvalue weighted by Crippen LogP contribution is 2.13. The van der Waals surface area contributed by atoms with Crippen molar-refractivity contribution in [3.05, 3.63) is 71.5 Å². The lowest BCUT2D eigenvalue weighted by atomic mass is 10.2. The molecule has 22 heavy (non-hydrogen) atoms. The highest BCUT2D eigenvalue weighted by molar-refractivity contribution is 6.03. The van der Waals surface area contributed by atoms with Gasteiger partial charge in [0.1, 0.15) is 0 Å². The minimum absolute atomic E-state index is 0.259. The number of hydrogen-bond donors (Lipinski definition) is 1. The molecule has 1 aromatic heterocycles. The van der Waals surface area contributed by atoms with Crippen molar-refractivity contribution in [1.82, 2.24) is 15.0 Å². The van der Waals surface area contributed by atoms with Gasteiger partial charge >= 0.3 is 0 Å². The van der Waals surface area contributed by atoms with Crippen molar-refractivity contribution in [1.29, 1.82) is 0 Å². The Hall–Kier alpha value is -2.95. The van der Waals surface area contributed by atoms with E-state index in [2.05, 4.69) is 15.5 Å². The molecule has 0 fully saturated rings. The first-order valence-corrected chi connectivity index (χ1v) is 7.01. The van der Waals surface area contributed by atoms with Gasteiger partial charge in [-0.2, -0.15) is 9.90 Å². The topological polar surface area (TPSA) is 59.8 Å². The molecule has 1 heterocycles. The van der Waals surface area contributed by atoms with Crippen molar-refractivity contribution >= 4 is 11.6 Å². The monoisotopic (exact) mass is 292 g/mol. The van der Waals surface area contributed by atoms with E-state index >= 15 is 0 Å². The van der Waals surface area contributed by atoms with E-state index in [4.69, 9.17) is 0 Å². The van der Waals surface area contributed by atoms with Gasteiger partial charge in [0.2, 0.25) is 0 Å². The van der Waals surface area contributed by atoms with Crippen molar-refractivity contribution in [2.24, 2.45) is 0 Å². The van der Waals surface area contributed by atoms with Crippen LogP contribution in [0.25, 0.3) is 5.69 Å². The summed E-state index contributed by atoms with van der Waals surface area (Å²) in [4.78, 5) is 13.8. The molecular weight excluding hydrogens is 276 g/mol. The molecule has 0 atom stereocenters. The van der Waals surface area contributed by atoms with Crippen LogP contribution in [0.3, 0.4) is 0 Å². The van der Waals surface area contributed by atoms with Crippen LogP contribution in [0.15, 0.2) is 54.6 Å². The second kappa shape index (κ2) is 5.81. The average Bonchev–Trinajstić information content (AvgIpc) is 2.90. The van der Waals surface area contributed by atoms with Crippen LogP contribution in [0.2, 0.25) is 0 Å². The number of aryl methyl sites for hydroxylation is 2. The van der Waals surface area contributed by atoms with Gasteiger partial charge in [0.05, 0.1) is 11.4 Å². The molecule has 5 nitrogen and oxygen atoms in total. The molecule has 0 bridgehead atoms. The molecule has 5 heteroatoms. The van der Waals surface area contributed by atoms with Crippen LogP contribution in [0.4, 0.5) is 5.69 Å². The Bertz CT molecular complexity index is 809. The van der Waals surface area contributed by atoms with Gasteiger partial charge in [-0.3, -0.25) is 4.79 Å². The summed E-state index contributed by atoms with van der Waals surface area (Å²) < 4.78 is 0. The molecule has 0 radical (unpaired) electrons. The zero-order valence-corrected chi connectivity index (χ0v) is 12.4. The second-order valence-electron chi connectivity index (χ2n) is 5.08. The Morgan fingerprint density at radius 2 is 1.77 bits per heavy atom. The number of amides is 1. The largest absolute Gasteiger partial charge is 0.321 e. The zero-order chi connectivity index (χ0) is 15.5. The molecule has 3 rings (SSSR count). The third-order valence-corrected chi connectivity index (χ3v) is 3.26. The first kappa shape index (κ1) is 14.0. The SMILES string of the molecule is Cc1cccc(NC(=O)c2nn(-c3ccccc3)nc2C)c1. The van der Waals surface area contributed by atoms with Crippen molar-refractivity contribution in [3.63, 3.8) is 0 Å². The Labute approximate surface area is 128 Å². The lowest BCUT2D eigenvalue weighted by Gasteiger charge is -2.04. The maximum atomic E-state index is 12.4. The van der Waals surface area contributed by atoms with Gasteiger partial charge < -0.3 is 5.32 Å². The fraction of sp³-hybridized carbons (Fsp3) is 0.118. The van der Waals surface area contributed by atoms with Crippen LogP contribution < -0.4 is 5.32 Å². The van der Waals surface area contributed by atoms with Crippen molar-refractivity contribution < 1.29 is 4.79 Å². The van der Waals surface area contributed by atoms with Crippen LogP contribution in [0, 0.1) is 13.8 Å². The van der Waals surface area contributed by atoms with Crippen LogP contribution in [0.5, 0.6) is 0 Å². The van der Waals surface area contributed by atoms with Gasteiger partial charge in [0.15, 0.2) is 5.69 Å². The minimum Gasteiger partial charge on any atom is -0.321 e. The summed E-state index contributed by atoms with van der Waals surface area (Å²) in [6.45, 7) is 3.75. The van der Waals surface area contributed by atoms with Gasteiger partial charge in [-0.25, -0.2) is 0 Å². The molecule has 0 aliphatic rings. The van der Waals surface area contributed by atoms with Crippen molar-refractivity contribution in [2.75, 3.05) is 5.32 Å². The highest BCUT2D eigenvalue weighted by atomic mass is 16.2. The smallest absolute Gasteiger partial charge is 0.278 e. The van der Waals surface area contributed by atoms with E-state index in [0.29, 0.717) is 11.4 Å². The fourth-order valence-corrected chi connectivity index (χ4v) is 2.18. The number of nitrogens with one attached hydrogen (secondary N) is 1. The molecule has 0 unspecified atom stereocenters. The Morgan fingerprint density at radius 3 is 2.50 bits per heavy atom. The van der Waals surface area contributed by atoms with Gasteiger partial charge in [0, 0.05) is 5.69 Å². The van der Waals surface area contributed by atoms with Gasteiger partial charge in [0.25, 0.3) is 5.91 Å². The van der Waals surface area contributed by atoms with Gasteiger partial charge in [-0.15, -0.1) is 5.10 Å². The van der Waals surface area contributed by atoms with E-state index in [0.717, 1.165) is 16.9 Å². The number of para-hydroxylation sites is 1. The molecule has 0 saturated carbocycles. The van der Waals surface area contributed by atoms with Crippen LogP contribution in [-0.4, -0.2) is 20.9 Å². The van der Waals surface area contributed by atoms with Crippen LogP contribution in [-0.2, 0) is 0 Å². The summed E-state index contributed by atoms with van der Waals surface area (Å²) in [7, 11) is 0. The average molecular weight is 292 g/mol. The lowest BCUT2D eigenvalue weighted by molar-refractivity contribution is 0.102. The summed E-state index contributed by atoms with van der Waals surface area (Å²) in [5.41, 5.74) is 3.57. The van der Waals surface area contributed by atoms with Crippen LogP contribution in [0.1, 0.15) is 21.7 Å². The Balaban J connectivity index is 1.86. The molecular formula is C17H16N4O. The predicted octanol–water partition coefficient (Wildman–Crippen LogP) is 3.14. The third kappa shape index (κ3) is 2.88. The van der Waals surface area contributed by atoms with E-state index in [1.54, 1.807) is 6.92 Å². The number of rotatable bonds is 3. The minimum atomic E-state index is -0.259. The molecule has 2 aromatic carbocycles. The molecule has 110 valence electrons. The maximum absolute atomic E-state index is 12.4. The van der Waals surface area contributed by atoms with Crippen LogP contribution >= 0.6 is 0 Å². The first-order chi connectivity index (χ1) is 10.6. The third-order valence-electron chi connectivity index (χ3n) is 3.26. The summed E-state index contributed by atoms with van der Waals surface area (Å²) in [5, 5.41) is 11.4. The van der Waals surface area contributed by atoms with Gasteiger partial charge in [-0.05, 0) is 43.7 Å². The molecule has 0 aliphatic heterocycles. The molecule has 1 N–H and O–H groups in total. The summed E-state index contributed by atoms with van der Waals surface area (Å²) in [5.74, 6) is -0.259. The summed E-state index contributed by atoms with van der Waals surface area (Å²) in [6, 6.07) is 17.2. The maximum Gasteiger partial charge on any atom is 0.278 e. The molecule has 1 amide bonds. The van der Waals surface area contributed by atoms with E-state index in [-0.39, 0.29) is 5.91 Å². The number of nitrogens with zero attached hydrogens (tertiary/aromatic N) is 3. The number of anilines is 1. The van der Waals surface area contributed by atoms with E-state index in [9.17, 15) is 4.79 Å². The number of carbonyl (C=O) groups is 1. The molecule has 0 saturated heterocycles. The normalized spacial score (nSPS) is 10.5. The van der Waals surface area contributed by atoms with Crippen molar-refractivity contribution in [2.45, 2.75) is 13.8 Å². The number of carbonyl (C=O) groups excluding carboxylic acids is 1. The van der Waals surface area contributed by atoms with E-state index in [1.165, 1.54) is 4.80 Å². The highest BCUT2D eigenvalue weighted by Gasteiger charge is 2.16. The fourth-order valence-electron chi connectivity index (χ4n) is 2.18. The molecule has 0 aliphatic carbocycles. The lowest BCUT2D eigenvalue weighted by Crippen LogP contribution is -2.14. The molecule has 0 spiro atoms. The Kier molecular flexibility index (Phi) is 3.70. The predicted molar refractivity (Wildman–Crippen MR) is 85.2 cm³/mol. The molecule has 3 aromatic rings. The van der Waals surface area contributed by atoms with Gasteiger partial charge in [-0.1, -0.05) is 30.3 Å². The number of benzene rings is 2. The Morgan fingerprint density at radius 1 is 1.00 bits per heavy atom. The standard InChI is InChI=1S/C17H16N4O/c1-12-7-6-8-14(11-12)18-17(22)16-13(2)19-21(20-16)15-9-4-3-5-10-15/h3-11H,1-2H3,(H,18,22). The second-order valence-corrected chi connectivity index (χ2v) is 5.08. The van der Waals surface area contributed by atoms with Crippen molar-refractivity contribution in [3.8, 4) is 5.69 Å². The summed E-state index contributed by atoms with van der Waals surface area (Å²) >= 11 is 0. The zero-order valence-electron chi connectivity index (χ0n) is 12.4. The summed E-state index contributed by atoms with van der Waals surface area (Å²) in [6.07, 6.45) is 0. The van der Waals surface area contributed by atoms with E-state index in [1.807, 2.05) is 61.5 Å². The number of aromatic nitrogens is 3. The quantitative estimate of drug-likeness (QED) is 0.806. The first-order valence-electron chi connectivity index (χ1n) is 7.01. The number of hydrogen-bond acceptors (Lipinski definition) is 3. The van der Waals surface area contributed by atoms with E-state index < -0.39 is 0 Å².